The molecule has 12 heavy (non-hydrogen) atoms. The summed E-state index contributed by atoms with van der Waals surface area (Å²) in [6, 6.07) is 0. The first kappa shape index (κ1) is 9.05. The molecule has 0 heteroatoms. The van der Waals surface area contributed by atoms with Crippen LogP contribution in [0.3, 0.4) is 0 Å². The van der Waals surface area contributed by atoms with Gasteiger partial charge in [0.2, 0.25) is 0 Å². The number of hydrogen-bond donors (Lipinski definition) is 0. The first-order valence-electron chi connectivity index (χ1n) is 4.61. The minimum absolute atomic E-state index is 1.11. The van der Waals surface area contributed by atoms with Crippen LogP contribution in [0.2, 0.25) is 0 Å². The standard InChI is InChI=1S/C12H16/c1-3-11-7-5-6-8-12(4-2)10-9-11/h5-10H,3-4H2,1-2H3. The van der Waals surface area contributed by atoms with Crippen molar-refractivity contribution in [3.05, 3.63) is 47.6 Å². The molecule has 0 unspecified atom stereocenters. The summed E-state index contributed by atoms with van der Waals surface area (Å²) in [5, 5.41) is 0. The Labute approximate surface area is 75.0 Å². The van der Waals surface area contributed by atoms with Gasteiger partial charge in [-0.2, -0.15) is 0 Å². The Morgan fingerprint density at radius 3 is 1.58 bits per heavy atom. The SMILES string of the molecule is CCC1=CC=C(CC)C=CC=C1. The molecule has 0 saturated heterocycles. The molecule has 0 aromatic carbocycles. The van der Waals surface area contributed by atoms with Crippen LogP contribution in [0.1, 0.15) is 26.7 Å². The summed E-state index contributed by atoms with van der Waals surface area (Å²) >= 11 is 0. The predicted molar refractivity (Wildman–Crippen MR) is 55.0 cm³/mol. The fourth-order valence-corrected chi connectivity index (χ4v) is 1.15. The number of hydrogen-bond acceptors (Lipinski definition) is 0. The van der Waals surface area contributed by atoms with Gasteiger partial charge in [-0.15, -0.1) is 0 Å². The summed E-state index contributed by atoms with van der Waals surface area (Å²) in [5.41, 5.74) is 2.79. The van der Waals surface area contributed by atoms with Crippen LogP contribution in [0.15, 0.2) is 47.6 Å². The summed E-state index contributed by atoms with van der Waals surface area (Å²) in [6.45, 7) is 4.36. The van der Waals surface area contributed by atoms with Gasteiger partial charge in [0.25, 0.3) is 0 Å². The van der Waals surface area contributed by atoms with E-state index in [1.165, 1.54) is 11.1 Å². The molecule has 1 aliphatic carbocycles. The highest BCUT2D eigenvalue weighted by Gasteiger charge is 1.90. The predicted octanol–water partition coefficient (Wildman–Crippen LogP) is 3.79. The van der Waals surface area contributed by atoms with E-state index in [1.54, 1.807) is 0 Å². The molecule has 0 heterocycles. The third kappa shape index (κ3) is 2.54. The lowest BCUT2D eigenvalue weighted by atomic mass is 10.1. The van der Waals surface area contributed by atoms with Crippen molar-refractivity contribution in [2.45, 2.75) is 26.7 Å². The smallest absolute Gasteiger partial charge is 0.0307 e. The highest BCUT2D eigenvalue weighted by atomic mass is 14.0. The Bertz CT molecular complexity index is 221. The van der Waals surface area contributed by atoms with Gasteiger partial charge in [0.1, 0.15) is 0 Å². The Hall–Kier alpha value is -1.04. The Morgan fingerprint density at radius 2 is 1.25 bits per heavy atom. The molecule has 0 aliphatic heterocycles. The molecule has 0 aromatic rings. The fourth-order valence-electron chi connectivity index (χ4n) is 1.15. The van der Waals surface area contributed by atoms with Crippen molar-refractivity contribution >= 4 is 0 Å². The van der Waals surface area contributed by atoms with Crippen LogP contribution in [0.5, 0.6) is 0 Å². The Morgan fingerprint density at radius 1 is 0.833 bits per heavy atom. The average molecular weight is 160 g/mol. The van der Waals surface area contributed by atoms with Crippen LogP contribution in [0.4, 0.5) is 0 Å². The summed E-state index contributed by atoms with van der Waals surface area (Å²) < 4.78 is 0. The molecule has 1 aliphatic rings. The van der Waals surface area contributed by atoms with Gasteiger partial charge in [0, 0.05) is 0 Å². The van der Waals surface area contributed by atoms with Gasteiger partial charge in [-0.3, -0.25) is 0 Å². The maximum absolute atomic E-state index is 2.21. The van der Waals surface area contributed by atoms with Crippen LogP contribution < -0.4 is 0 Å². The van der Waals surface area contributed by atoms with Gasteiger partial charge in [0.15, 0.2) is 0 Å². The maximum atomic E-state index is 2.21. The van der Waals surface area contributed by atoms with E-state index >= 15 is 0 Å². The highest BCUT2D eigenvalue weighted by Crippen LogP contribution is 2.10. The fraction of sp³-hybridized carbons (Fsp3) is 0.333. The Kier molecular flexibility index (Phi) is 3.59. The van der Waals surface area contributed by atoms with E-state index in [2.05, 4.69) is 50.3 Å². The summed E-state index contributed by atoms with van der Waals surface area (Å²) in [5.74, 6) is 0. The van der Waals surface area contributed by atoms with Crippen molar-refractivity contribution in [1.82, 2.24) is 0 Å². The quantitative estimate of drug-likeness (QED) is 0.576. The molecule has 0 nitrogen and oxygen atoms in total. The molecular weight excluding hydrogens is 144 g/mol. The van der Waals surface area contributed by atoms with Crippen molar-refractivity contribution < 1.29 is 0 Å². The third-order valence-electron chi connectivity index (χ3n) is 2.06. The van der Waals surface area contributed by atoms with E-state index in [0.717, 1.165) is 12.8 Å². The van der Waals surface area contributed by atoms with Gasteiger partial charge >= 0.3 is 0 Å². The topological polar surface area (TPSA) is 0 Å². The summed E-state index contributed by atoms with van der Waals surface area (Å²) in [6.07, 6.45) is 15.2. The zero-order chi connectivity index (χ0) is 8.81. The van der Waals surface area contributed by atoms with Gasteiger partial charge < -0.3 is 0 Å². The maximum Gasteiger partial charge on any atom is -0.0307 e. The van der Waals surface area contributed by atoms with Gasteiger partial charge in [-0.25, -0.2) is 0 Å². The molecule has 0 fully saturated rings. The number of rotatable bonds is 2. The van der Waals surface area contributed by atoms with Crippen molar-refractivity contribution in [2.75, 3.05) is 0 Å². The van der Waals surface area contributed by atoms with E-state index in [1.807, 2.05) is 0 Å². The molecular formula is C12H16. The van der Waals surface area contributed by atoms with Gasteiger partial charge in [0.05, 0.1) is 0 Å². The Balaban J connectivity index is 2.83. The van der Waals surface area contributed by atoms with Crippen LogP contribution in [0, 0.1) is 0 Å². The molecule has 64 valence electrons. The summed E-state index contributed by atoms with van der Waals surface area (Å²) in [7, 11) is 0. The lowest BCUT2D eigenvalue weighted by Gasteiger charge is -1.99. The molecule has 0 spiro atoms. The third-order valence-corrected chi connectivity index (χ3v) is 2.06. The molecule has 0 atom stereocenters. The van der Waals surface area contributed by atoms with Crippen LogP contribution in [0.25, 0.3) is 0 Å². The van der Waals surface area contributed by atoms with Crippen molar-refractivity contribution in [3.8, 4) is 0 Å². The molecule has 0 N–H and O–H groups in total. The first-order chi connectivity index (χ1) is 5.86. The lowest BCUT2D eigenvalue weighted by Crippen LogP contribution is -1.79. The second-order valence-electron chi connectivity index (χ2n) is 2.91. The van der Waals surface area contributed by atoms with Crippen molar-refractivity contribution in [1.29, 1.82) is 0 Å². The molecule has 0 saturated carbocycles. The van der Waals surface area contributed by atoms with E-state index in [0.29, 0.717) is 0 Å². The second-order valence-corrected chi connectivity index (χ2v) is 2.91. The highest BCUT2D eigenvalue weighted by molar-refractivity contribution is 5.35. The zero-order valence-corrected chi connectivity index (χ0v) is 7.88. The number of allylic oxidation sites excluding steroid dienone is 8. The van der Waals surface area contributed by atoms with E-state index in [9.17, 15) is 0 Å². The minimum atomic E-state index is 1.11. The molecule has 0 bridgehead atoms. The molecule has 0 amide bonds. The lowest BCUT2D eigenvalue weighted by molar-refractivity contribution is 1.13. The molecule has 0 aromatic heterocycles. The monoisotopic (exact) mass is 160 g/mol. The van der Waals surface area contributed by atoms with Crippen molar-refractivity contribution in [2.24, 2.45) is 0 Å². The van der Waals surface area contributed by atoms with Gasteiger partial charge in [-0.1, -0.05) is 50.3 Å². The van der Waals surface area contributed by atoms with E-state index < -0.39 is 0 Å². The van der Waals surface area contributed by atoms with Crippen LogP contribution in [-0.2, 0) is 0 Å². The largest absolute Gasteiger partial charge is 0.0620 e. The minimum Gasteiger partial charge on any atom is -0.0620 e. The van der Waals surface area contributed by atoms with Crippen LogP contribution >= 0.6 is 0 Å². The second kappa shape index (κ2) is 4.76. The average Bonchev–Trinajstić information content (AvgIpc) is 2.05. The van der Waals surface area contributed by atoms with E-state index in [4.69, 9.17) is 0 Å². The van der Waals surface area contributed by atoms with E-state index in [-0.39, 0.29) is 0 Å². The van der Waals surface area contributed by atoms with Gasteiger partial charge in [-0.05, 0) is 24.0 Å². The van der Waals surface area contributed by atoms with Crippen molar-refractivity contribution in [3.63, 3.8) is 0 Å². The molecule has 0 radical (unpaired) electrons. The summed E-state index contributed by atoms with van der Waals surface area (Å²) in [4.78, 5) is 0. The first-order valence-corrected chi connectivity index (χ1v) is 4.61. The van der Waals surface area contributed by atoms with Crippen LogP contribution in [-0.4, -0.2) is 0 Å². The molecule has 1 rings (SSSR count). The normalized spacial score (nSPS) is 16.5. The zero-order valence-electron chi connectivity index (χ0n) is 7.88.